The summed E-state index contributed by atoms with van der Waals surface area (Å²) in [6, 6.07) is 10.8. The molecular weight excluding hydrogens is 401 g/mol. The largest absolute Gasteiger partial charge is 0.341 e. The van der Waals surface area contributed by atoms with Gasteiger partial charge in [-0.05, 0) is 23.8 Å². The molecule has 0 aliphatic heterocycles. The summed E-state index contributed by atoms with van der Waals surface area (Å²) in [4.78, 5) is 18.6. The highest BCUT2D eigenvalue weighted by Crippen LogP contribution is 2.38. The summed E-state index contributed by atoms with van der Waals surface area (Å²) >= 11 is 0. The molecule has 0 amide bonds. The lowest BCUT2D eigenvalue weighted by atomic mass is 10.2. The van der Waals surface area contributed by atoms with E-state index >= 15 is 0 Å². The van der Waals surface area contributed by atoms with Gasteiger partial charge < -0.3 is 9.29 Å². The van der Waals surface area contributed by atoms with Gasteiger partial charge in [0, 0.05) is 42.0 Å². The maximum atomic E-state index is 12.2. The zero-order chi connectivity index (χ0) is 20.7. The molecule has 1 N–H and O–H groups in total. The number of nitrogens with zero attached hydrogens (tertiary/aromatic N) is 7. The predicted octanol–water partition coefficient (Wildman–Crippen LogP) is 2.34. The van der Waals surface area contributed by atoms with Gasteiger partial charge in [0.25, 0.3) is 5.78 Å². The molecule has 30 heavy (non-hydrogen) atoms. The molecule has 1 aromatic carbocycles. The van der Waals surface area contributed by atoms with Gasteiger partial charge in [-0.25, -0.2) is 9.97 Å². The van der Waals surface area contributed by atoms with Crippen LogP contribution in [0.15, 0.2) is 61.2 Å². The number of imidazole rings is 1. The number of aromatic nitrogens is 7. The molecule has 0 aliphatic carbocycles. The summed E-state index contributed by atoms with van der Waals surface area (Å²) in [6.45, 7) is 1.70. The first-order chi connectivity index (χ1) is 14.5. The van der Waals surface area contributed by atoms with Crippen molar-refractivity contribution in [1.29, 1.82) is 0 Å². The summed E-state index contributed by atoms with van der Waals surface area (Å²) in [5.74, 6) is 1.08. The second-order valence-electron chi connectivity index (χ2n) is 6.94. The van der Waals surface area contributed by atoms with Crippen molar-refractivity contribution in [2.45, 2.75) is 13.3 Å². The van der Waals surface area contributed by atoms with Crippen molar-refractivity contribution >= 4 is 24.1 Å². The van der Waals surface area contributed by atoms with E-state index in [1.54, 1.807) is 48.1 Å². The van der Waals surface area contributed by atoms with Gasteiger partial charge in [-0.15, -0.1) is 10.2 Å². The molecule has 4 heterocycles. The first kappa shape index (κ1) is 18.6. The Morgan fingerprint density at radius 1 is 1.07 bits per heavy atom. The number of hydrogen-bond acceptors (Lipinski definition) is 6. The summed E-state index contributed by atoms with van der Waals surface area (Å²) < 4.78 is 15.7. The second-order valence-corrected chi connectivity index (χ2v) is 9.49. The Morgan fingerprint density at radius 3 is 2.70 bits per heavy atom. The fourth-order valence-corrected chi connectivity index (χ4v) is 4.26. The molecule has 0 saturated heterocycles. The SMILES string of the molecule is CCP(=O)(O)c1ccc(-c2cnc3nnc(Cc4ccc5nccn5c4)n3n2)cc1. The van der Waals surface area contributed by atoms with Crippen LogP contribution in [0.3, 0.4) is 0 Å². The number of benzene rings is 1. The average molecular weight is 419 g/mol. The first-order valence-corrected chi connectivity index (χ1v) is 11.3. The minimum absolute atomic E-state index is 0.201. The van der Waals surface area contributed by atoms with Crippen LogP contribution in [0.4, 0.5) is 0 Å². The molecule has 4 aromatic heterocycles. The molecule has 5 rings (SSSR count). The third-order valence-corrected chi connectivity index (χ3v) is 6.97. The molecule has 150 valence electrons. The van der Waals surface area contributed by atoms with Crippen LogP contribution in [0.5, 0.6) is 0 Å². The van der Waals surface area contributed by atoms with Crippen LogP contribution in [-0.4, -0.2) is 45.2 Å². The van der Waals surface area contributed by atoms with E-state index in [1.165, 1.54) is 0 Å². The fourth-order valence-electron chi connectivity index (χ4n) is 3.28. The Kier molecular flexibility index (Phi) is 4.42. The van der Waals surface area contributed by atoms with Crippen molar-refractivity contribution in [3.8, 4) is 11.3 Å². The van der Waals surface area contributed by atoms with Crippen LogP contribution in [0.25, 0.3) is 22.7 Å². The lowest BCUT2D eigenvalue weighted by molar-refractivity contribution is 0.491. The highest BCUT2D eigenvalue weighted by Gasteiger charge is 2.18. The van der Waals surface area contributed by atoms with Crippen LogP contribution < -0.4 is 5.30 Å². The van der Waals surface area contributed by atoms with Crippen molar-refractivity contribution in [1.82, 2.24) is 34.2 Å². The molecule has 0 saturated carbocycles. The Morgan fingerprint density at radius 2 is 1.90 bits per heavy atom. The molecule has 1 atom stereocenters. The average Bonchev–Trinajstić information content (AvgIpc) is 3.40. The van der Waals surface area contributed by atoms with E-state index in [2.05, 4.69) is 25.3 Å². The third kappa shape index (κ3) is 3.28. The van der Waals surface area contributed by atoms with E-state index in [0.29, 0.717) is 29.0 Å². The predicted molar refractivity (Wildman–Crippen MR) is 112 cm³/mol. The number of fused-ring (bicyclic) bond motifs is 2. The van der Waals surface area contributed by atoms with Crippen molar-refractivity contribution in [2.24, 2.45) is 0 Å². The third-order valence-electron chi connectivity index (χ3n) is 5.01. The molecule has 0 fully saturated rings. The monoisotopic (exact) mass is 419 g/mol. The smallest absolute Gasteiger partial charge is 0.271 e. The Hall–Kier alpha value is -3.42. The summed E-state index contributed by atoms with van der Waals surface area (Å²) in [5, 5.41) is 13.4. The van der Waals surface area contributed by atoms with E-state index < -0.39 is 7.37 Å². The summed E-state index contributed by atoms with van der Waals surface area (Å²) in [6.07, 6.45) is 8.01. The molecule has 5 aromatic rings. The molecule has 0 spiro atoms. The lowest BCUT2D eigenvalue weighted by Gasteiger charge is -2.09. The topological polar surface area (TPSA) is 111 Å². The van der Waals surface area contributed by atoms with E-state index in [4.69, 9.17) is 0 Å². The quantitative estimate of drug-likeness (QED) is 0.435. The molecule has 10 heteroatoms. The lowest BCUT2D eigenvalue weighted by Crippen LogP contribution is -2.06. The van der Waals surface area contributed by atoms with Crippen LogP contribution in [-0.2, 0) is 11.0 Å². The Labute approximate surface area is 171 Å². The maximum absolute atomic E-state index is 12.2. The van der Waals surface area contributed by atoms with Gasteiger partial charge >= 0.3 is 0 Å². The van der Waals surface area contributed by atoms with Gasteiger partial charge in [0.2, 0.25) is 7.37 Å². The van der Waals surface area contributed by atoms with Crippen molar-refractivity contribution in [2.75, 3.05) is 6.16 Å². The second kappa shape index (κ2) is 7.12. The number of hydrogen-bond donors (Lipinski definition) is 1. The van der Waals surface area contributed by atoms with Gasteiger partial charge in [-0.3, -0.25) is 4.57 Å². The normalized spacial score (nSPS) is 13.7. The zero-order valence-electron chi connectivity index (χ0n) is 16.1. The van der Waals surface area contributed by atoms with Crippen LogP contribution in [0, 0.1) is 0 Å². The Balaban J connectivity index is 1.49. The standard InChI is InChI=1S/C20H18N7O2P/c1-2-30(28,29)16-6-4-15(5-7-16)17-12-22-20-24-23-19(27(20)25-17)11-14-3-8-18-21-9-10-26(18)13-14/h3-10,12-13H,2,11H2,1H3,(H,28,29). The first-order valence-electron chi connectivity index (χ1n) is 9.45. The van der Waals surface area contributed by atoms with Crippen LogP contribution in [0.2, 0.25) is 0 Å². The van der Waals surface area contributed by atoms with Gasteiger partial charge in [0.05, 0.1) is 6.20 Å². The molecule has 9 nitrogen and oxygen atoms in total. The van der Waals surface area contributed by atoms with Gasteiger partial charge in [-0.2, -0.15) is 9.61 Å². The number of rotatable bonds is 5. The molecule has 0 radical (unpaired) electrons. The van der Waals surface area contributed by atoms with E-state index in [9.17, 15) is 9.46 Å². The van der Waals surface area contributed by atoms with E-state index in [1.807, 2.05) is 28.9 Å². The van der Waals surface area contributed by atoms with Gasteiger partial charge in [0.15, 0.2) is 5.82 Å². The van der Waals surface area contributed by atoms with Crippen LogP contribution >= 0.6 is 7.37 Å². The van der Waals surface area contributed by atoms with E-state index in [0.717, 1.165) is 16.8 Å². The van der Waals surface area contributed by atoms with Crippen LogP contribution in [0.1, 0.15) is 18.3 Å². The van der Waals surface area contributed by atoms with Gasteiger partial charge in [0.1, 0.15) is 11.3 Å². The summed E-state index contributed by atoms with van der Waals surface area (Å²) in [5.41, 5.74) is 3.35. The van der Waals surface area contributed by atoms with Gasteiger partial charge in [-0.1, -0.05) is 25.1 Å². The minimum atomic E-state index is -3.29. The highest BCUT2D eigenvalue weighted by atomic mass is 31.2. The highest BCUT2D eigenvalue weighted by molar-refractivity contribution is 7.66. The molecule has 0 bridgehead atoms. The Bertz CT molecular complexity index is 1410. The van der Waals surface area contributed by atoms with Crippen molar-refractivity contribution in [3.63, 3.8) is 0 Å². The molecular formula is C20H18N7O2P. The molecule has 0 aliphatic rings. The minimum Gasteiger partial charge on any atom is -0.341 e. The fraction of sp³-hybridized carbons (Fsp3) is 0.150. The maximum Gasteiger partial charge on any atom is 0.271 e. The van der Waals surface area contributed by atoms with Crippen molar-refractivity contribution in [3.05, 3.63) is 72.6 Å². The zero-order valence-corrected chi connectivity index (χ0v) is 17.0. The van der Waals surface area contributed by atoms with Crippen molar-refractivity contribution < 1.29 is 9.46 Å². The van der Waals surface area contributed by atoms with E-state index in [-0.39, 0.29) is 6.16 Å². The summed E-state index contributed by atoms with van der Waals surface area (Å²) in [7, 11) is -3.29. The number of pyridine rings is 1. The molecule has 1 unspecified atom stereocenters.